The first-order valence-electron chi connectivity index (χ1n) is 13.6. The summed E-state index contributed by atoms with van der Waals surface area (Å²) >= 11 is 0. The molecular formula is C27H41N3O10. The van der Waals surface area contributed by atoms with Crippen LogP contribution in [0, 0.1) is 0 Å². The number of amides is 2. The van der Waals surface area contributed by atoms with Crippen LogP contribution in [0.4, 0.5) is 0 Å². The molecule has 4 heterocycles. The fourth-order valence-electron chi connectivity index (χ4n) is 4.64. The normalized spacial score (nSPS) is 31.1. The van der Waals surface area contributed by atoms with E-state index in [0.717, 1.165) is 0 Å². The van der Waals surface area contributed by atoms with E-state index in [0.29, 0.717) is 11.4 Å². The monoisotopic (exact) mass is 567 g/mol. The molecule has 2 amide bonds. The number of ether oxygens (including phenoxy) is 8. The number of hydrogen-bond acceptors (Lipinski definition) is 11. The van der Waals surface area contributed by atoms with Gasteiger partial charge in [0.05, 0.1) is 51.0 Å². The lowest BCUT2D eigenvalue weighted by Gasteiger charge is -2.34. The Balaban J connectivity index is 1.45. The van der Waals surface area contributed by atoms with Crippen molar-refractivity contribution < 1.29 is 47.5 Å². The highest BCUT2D eigenvalue weighted by atomic mass is 16.8. The molecule has 2 saturated heterocycles. The van der Waals surface area contributed by atoms with E-state index >= 15 is 0 Å². The Kier molecular flexibility index (Phi) is 10.8. The predicted molar refractivity (Wildman–Crippen MR) is 139 cm³/mol. The van der Waals surface area contributed by atoms with Crippen molar-refractivity contribution >= 4 is 11.8 Å². The molecule has 13 nitrogen and oxygen atoms in total. The molecule has 3 aliphatic rings. The number of carbonyl (C=O) groups is 2. The summed E-state index contributed by atoms with van der Waals surface area (Å²) in [7, 11) is 0. The minimum absolute atomic E-state index is 0.131. The molecule has 0 spiro atoms. The smallest absolute Gasteiger partial charge is 0.246 e. The first-order valence-corrected chi connectivity index (χ1v) is 13.6. The quantitative estimate of drug-likeness (QED) is 0.513. The van der Waals surface area contributed by atoms with Crippen molar-refractivity contribution in [2.24, 2.45) is 0 Å². The van der Waals surface area contributed by atoms with Crippen molar-refractivity contribution in [1.82, 2.24) is 15.6 Å². The Morgan fingerprint density at radius 3 is 1.57 bits per heavy atom. The first kappa shape index (κ1) is 30.7. The van der Waals surface area contributed by atoms with Gasteiger partial charge in [-0.25, -0.2) is 0 Å². The summed E-state index contributed by atoms with van der Waals surface area (Å²) in [5, 5.41) is 5.61. The zero-order valence-electron chi connectivity index (χ0n) is 23.6. The molecule has 0 aliphatic carbocycles. The summed E-state index contributed by atoms with van der Waals surface area (Å²) in [6, 6.07) is 5.41. The molecule has 2 bridgehead atoms. The van der Waals surface area contributed by atoms with Crippen LogP contribution in [-0.4, -0.2) is 106 Å². The fourth-order valence-corrected chi connectivity index (χ4v) is 4.64. The molecule has 1 aromatic rings. The first-order chi connectivity index (χ1) is 19.1. The van der Waals surface area contributed by atoms with Crippen LogP contribution in [0.2, 0.25) is 0 Å². The molecule has 224 valence electrons. The highest BCUT2D eigenvalue weighted by Gasteiger charge is 2.48. The SMILES string of the molecule is CC1(C)OC[C@@H]([C@H]2OCCNC(=O)COCc3cccc(n3)COCC(=O)NCCO[C@@H]2[C@@H]2COC(C)(C)O2)O1. The average molecular weight is 568 g/mol. The zero-order chi connectivity index (χ0) is 28.6. The number of carbonyl (C=O) groups excluding carboxylic acids is 2. The number of nitrogens with zero attached hydrogens (tertiary/aromatic N) is 1. The van der Waals surface area contributed by atoms with E-state index in [1.165, 1.54) is 0 Å². The van der Waals surface area contributed by atoms with Crippen LogP contribution in [0.5, 0.6) is 0 Å². The van der Waals surface area contributed by atoms with Crippen LogP contribution in [0.1, 0.15) is 39.1 Å². The van der Waals surface area contributed by atoms with Crippen LogP contribution in [0.3, 0.4) is 0 Å². The van der Waals surface area contributed by atoms with Gasteiger partial charge in [-0.05, 0) is 39.8 Å². The molecule has 0 aromatic carbocycles. The van der Waals surface area contributed by atoms with Crippen LogP contribution < -0.4 is 10.6 Å². The molecule has 0 radical (unpaired) electrons. The zero-order valence-corrected chi connectivity index (χ0v) is 23.6. The molecule has 4 rings (SSSR count). The van der Waals surface area contributed by atoms with E-state index in [9.17, 15) is 9.59 Å². The van der Waals surface area contributed by atoms with Gasteiger partial charge in [-0.15, -0.1) is 0 Å². The van der Waals surface area contributed by atoms with E-state index < -0.39 is 36.0 Å². The maximum absolute atomic E-state index is 12.3. The summed E-state index contributed by atoms with van der Waals surface area (Å²) in [5.41, 5.74) is 1.31. The number of rotatable bonds is 2. The molecule has 2 N–H and O–H groups in total. The second-order valence-corrected chi connectivity index (χ2v) is 10.7. The Labute approximate surface area is 234 Å². The molecule has 4 atom stereocenters. The lowest BCUT2D eigenvalue weighted by molar-refractivity contribution is -0.203. The largest absolute Gasteiger partial charge is 0.371 e. The summed E-state index contributed by atoms with van der Waals surface area (Å²) in [4.78, 5) is 29.1. The van der Waals surface area contributed by atoms with Crippen LogP contribution in [0.15, 0.2) is 18.2 Å². The predicted octanol–water partition coefficient (Wildman–Crippen LogP) is 0.434. The van der Waals surface area contributed by atoms with Crippen molar-refractivity contribution in [2.75, 3.05) is 52.7 Å². The third kappa shape index (κ3) is 9.42. The highest BCUT2D eigenvalue weighted by molar-refractivity contribution is 5.77. The van der Waals surface area contributed by atoms with E-state index in [4.69, 9.17) is 37.9 Å². The minimum atomic E-state index is -0.791. The van der Waals surface area contributed by atoms with Gasteiger partial charge in [0.2, 0.25) is 11.8 Å². The lowest BCUT2D eigenvalue weighted by Crippen LogP contribution is -2.51. The Morgan fingerprint density at radius 2 is 1.18 bits per heavy atom. The van der Waals surface area contributed by atoms with Gasteiger partial charge in [-0.3, -0.25) is 14.6 Å². The van der Waals surface area contributed by atoms with Crippen LogP contribution >= 0.6 is 0 Å². The van der Waals surface area contributed by atoms with Crippen LogP contribution in [-0.2, 0) is 60.7 Å². The van der Waals surface area contributed by atoms with Crippen molar-refractivity contribution in [1.29, 1.82) is 0 Å². The number of hydrogen-bond donors (Lipinski definition) is 2. The summed E-state index contributed by atoms with van der Waals surface area (Å²) < 4.78 is 47.5. The van der Waals surface area contributed by atoms with Gasteiger partial charge in [-0.2, -0.15) is 0 Å². The topological polar surface area (TPSA) is 145 Å². The molecule has 1 aromatic heterocycles. The Hall–Kier alpha value is -2.23. The van der Waals surface area contributed by atoms with E-state index in [1.54, 1.807) is 12.1 Å². The fraction of sp³-hybridized carbons (Fsp3) is 0.741. The van der Waals surface area contributed by atoms with Crippen molar-refractivity contribution in [3.63, 3.8) is 0 Å². The molecule has 3 aliphatic heterocycles. The van der Waals surface area contributed by atoms with E-state index in [2.05, 4.69) is 15.6 Å². The Bertz CT molecular complexity index is 918. The highest BCUT2D eigenvalue weighted by Crippen LogP contribution is 2.32. The minimum Gasteiger partial charge on any atom is -0.371 e. The maximum Gasteiger partial charge on any atom is 0.246 e. The summed E-state index contributed by atoms with van der Waals surface area (Å²) in [6.45, 7) is 8.83. The Morgan fingerprint density at radius 1 is 0.725 bits per heavy atom. The van der Waals surface area contributed by atoms with Gasteiger partial charge in [0.25, 0.3) is 0 Å². The number of aromatic nitrogens is 1. The third-order valence-corrected chi connectivity index (χ3v) is 6.42. The van der Waals surface area contributed by atoms with Gasteiger partial charge >= 0.3 is 0 Å². The third-order valence-electron chi connectivity index (χ3n) is 6.42. The second-order valence-electron chi connectivity index (χ2n) is 10.7. The maximum atomic E-state index is 12.3. The molecule has 40 heavy (non-hydrogen) atoms. The van der Waals surface area contributed by atoms with Gasteiger partial charge in [0.1, 0.15) is 37.6 Å². The van der Waals surface area contributed by atoms with Crippen molar-refractivity contribution in [3.05, 3.63) is 29.6 Å². The number of fused-ring (bicyclic) bond motifs is 2. The molecule has 2 fully saturated rings. The molecule has 13 heteroatoms. The average Bonchev–Trinajstić information content (AvgIpc) is 3.45. The molecular weight excluding hydrogens is 526 g/mol. The van der Waals surface area contributed by atoms with Crippen molar-refractivity contribution in [2.45, 2.75) is 76.9 Å². The summed E-state index contributed by atoms with van der Waals surface area (Å²) in [6.07, 6.45) is -2.14. The second kappa shape index (κ2) is 14.1. The van der Waals surface area contributed by atoms with Gasteiger partial charge in [0.15, 0.2) is 11.6 Å². The number of nitrogens with one attached hydrogen (secondary N) is 2. The number of pyridine rings is 1. The van der Waals surface area contributed by atoms with E-state index in [1.807, 2.05) is 33.8 Å². The lowest BCUT2D eigenvalue weighted by atomic mass is 10.0. The van der Waals surface area contributed by atoms with Gasteiger partial charge in [-0.1, -0.05) is 6.07 Å². The standard InChI is InChI=1S/C27H41N3O10/c1-26(2)37-14-20(39-26)24-25(21-15-38-27(3,4)40-21)36-11-9-29-23(32)17-34-13-19-7-5-6-18(30-19)12-33-16-22(31)28-8-10-35-24/h5-7,20-21,24-25H,8-17H2,1-4H3,(H,28,31)(H,29,32)/t20-,21-,24+,25+/m0/s1. The van der Waals surface area contributed by atoms with Crippen molar-refractivity contribution in [3.8, 4) is 0 Å². The molecule has 0 saturated carbocycles. The van der Waals surface area contributed by atoms with E-state index in [-0.39, 0.29) is 77.8 Å². The summed E-state index contributed by atoms with van der Waals surface area (Å²) in [5.74, 6) is -2.14. The molecule has 0 unspecified atom stereocenters. The van der Waals surface area contributed by atoms with Gasteiger partial charge < -0.3 is 48.5 Å². The van der Waals surface area contributed by atoms with Gasteiger partial charge in [0, 0.05) is 13.1 Å². The van der Waals surface area contributed by atoms with Crippen LogP contribution in [0.25, 0.3) is 0 Å².